The van der Waals surface area contributed by atoms with Crippen molar-refractivity contribution in [3.8, 4) is 0 Å². The summed E-state index contributed by atoms with van der Waals surface area (Å²) in [6, 6.07) is 0. The van der Waals surface area contributed by atoms with Gasteiger partial charge in [0, 0.05) is 35.8 Å². The van der Waals surface area contributed by atoms with E-state index in [1.165, 1.54) is 44.3 Å². The second-order valence-electron chi connectivity index (χ2n) is 11.3. The van der Waals surface area contributed by atoms with Crippen LogP contribution in [-0.2, 0) is 20.9 Å². The topological polar surface area (TPSA) is 100.0 Å². The lowest BCUT2D eigenvalue weighted by atomic mass is 9.73. The first-order chi connectivity index (χ1) is 18.4. The summed E-state index contributed by atoms with van der Waals surface area (Å²) in [4.78, 5) is 32.6. The standard InChI is InChI=1S/C29H41F3N2O5S/c1-17-9-8-10-20(29(30,31)32)11-12-22(18(2)13-21-16-40-24(33-21)15-34(6)7)39-25(36)14-23(35)28(4,5)27(38)19(3)26(17)37/h8-9,11,13,16-17,19,22-23,26,35,37H,10,12,14-15H2,1-7H3/b9-8-,18-13+,20-11+/t17-,19+,22-,23-,26-/m0/s1. The van der Waals surface area contributed by atoms with E-state index < -0.39 is 71.9 Å². The molecule has 0 amide bonds. The van der Waals surface area contributed by atoms with Gasteiger partial charge in [0.25, 0.3) is 0 Å². The molecule has 0 aliphatic carbocycles. The first kappa shape index (κ1) is 33.9. The number of allylic oxidation sites excluding steroid dienone is 2. The summed E-state index contributed by atoms with van der Waals surface area (Å²) in [5.74, 6) is -2.87. The van der Waals surface area contributed by atoms with E-state index in [0.29, 0.717) is 17.8 Å². The van der Waals surface area contributed by atoms with Gasteiger partial charge in [0.1, 0.15) is 16.9 Å². The summed E-state index contributed by atoms with van der Waals surface area (Å²) < 4.78 is 47.1. The molecule has 1 aliphatic rings. The van der Waals surface area contributed by atoms with Gasteiger partial charge < -0.3 is 19.8 Å². The molecule has 0 spiro atoms. The number of carbonyl (C=O) groups excluding carboxylic acids is 2. The molecule has 7 nitrogen and oxygen atoms in total. The first-order valence-corrected chi connectivity index (χ1v) is 14.1. The van der Waals surface area contributed by atoms with Crippen LogP contribution in [0.25, 0.3) is 6.08 Å². The molecule has 0 bridgehead atoms. The summed E-state index contributed by atoms with van der Waals surface area (Å²) in [6.07, 6.45) is -4.07. The molecule has 224 valence electrons. The molecular weight excluding hydrogens is 545 g/mol. The number of hydrogen-bond acceptors (Lipinski definition) is 8. The monoisotopic (exact) mass is 586 g/mol. The second kappa shape index (κ2) is 14.0. The molecule has 0 unspecified atom stereocenters. The van der Waals surface area contributed by atoms with Crippen LogP contribution in [0.1, 0.15) is 64.6 Å². The van der Waals surface area contributed by atoms with Gasteiger partial charge in [0.15, 0.2) is 0 Å². The zero-order chi connectivity index (χ0) is 30.4. The second-order valence-corrected chi connectivity index (χ2v) is 12.3. The maximum Gasteiger partial charge on any atom is 0.412 e. The zero-order valence-corrected chi connectivity index (χ0v) is 25.0. The van der Waals surface area contributed by atoms with Gasteiger partial charge in [-0.2, -0.15) is 13.2 Å². The normalized spacial score (nSPS) is 30.1. The van der Waals surface area contributed by atoms with E-state index >= 15 is 0 Å². The Hall–Kier alpha value is -2.34. The number of rotatable bonds is 4. The minimum Gasteiger partial charge on any atom is -0.457 e. The quantitative estimate of drug-likeness (QED) is 0.363. The van der Waals surface area contributed by atoms with Gasteiger partial charge in [-0.25, -0.2) is 4.98 Å². The van der Waals surface area contributed by atoms with Crippen LogP contribution >= 0.6 is 11.3 Å². The molecule has 0 saturated heterocycles. The number of aliphatic hydroxyl groups is 2. The highest BCUT2D eigenvalue weighted by Gasteiger charge is 2.42. The van der Waals surface area contributed by atoms with Crippen LogP contribution < -0.4 is 0 Å². The van der Waals surface area contributed by atoms with E-state index in [9.17, 15) is 33.0 Å². The Balaban J connectivity index is 2.49. The van der Waals surface area contributed by atoms with Crippen LogP contribution in [0.15, 0.2) is 34.8 Å². The Labute approximate surface area is 238 Å². The van der Waals surface area contributed by atoms with Crippen molar-refractivity contribution < 1.29 is 37.7 Å². The third-order valence-electron chi connectivity index (χ3n) is 7.19. The summed E-state index contributed by atoms with van der Waals surface area (Å²) in [5.41, 5.74) is -1.12. The predicted octanol–water partition coefficient (Wildman–Crippen LogP) is 5.34. The minimum atomic E-state index is -4.62. The number of hydrogen-bond donors (Lipinski definition) is 2. The Kier molecular flexibility index (Phi) is 11.9. The van der Waals surface area contributed by atoms with Crippen LogP contribution in [-0.4, -0.2) is 70.4 Å². The number of esters is 1. The van der Waals surface area contributed by atoms with Crippen molar-refractivity contribution in [1.82, 2.24) is 9.88 Å². The van der Waals surface area contributed by atoms with Crippen molar-refractivity contribution in [2.24, 2.45) is 17.3 Å². The molecule has 1 aromatic rings. The lowest BCUT2D eigenvalue weighted by Gasteiger charge is -2.34. The minimum absolute atomic E-state index is 0.251. The van der Waals surface area contributed by atoms with Crippen molar-refractivity contribution in [3.05, 3.63) is 45.5 Å². The third kappa shape index (κ3) is 9.36. The number of aromatic nitrogens is 1. The van der Waals surface area contributed by atoms with E-state index in [-0.39, 0.29) is 6.42 Å². The summed E-state index contributed by atoms with van der Waals surface area (Å²) in [7, 11) is 3.82. The van der Waals surface area contributed by atoms with E-state index in [4.69, 9.17) is 4.74 Å². The van der Waals surface area contributed by atoms with Gasteiger partial charge in [0.2, 0.25) is 0 Å². The van der Waals surface area contributed by atoms with Gasteiger partial charge >= 0.3 is 12.1 Å². The van der Waals surface area contributed by atoms with Gasteiger partial charge in [0.05, 0.1) is 29.7 Å². The van der Waals surface area contributed by atoms with Gasteiger partial charge in [-0.3, -0.25) is 9.59 Å². The Bertz CT molecular complexity index is 1120. The molecule has 5 atom stereocenters. The lowest BCUT2D eigenvalue weighted by Crippen LogP contribution is -2.45. The number of nitrogens with zero attached hydrogens (tertiary/aromatic N) is 2. The summed E-state index contributed by atoms with van der Waals surface area (Å²) >= 11 is 1.44. The maximum atomic E-state index is 13.9. The van der Waals surface area contributed by atoms with E-state index in [0.717, 1.165) is 11.1 Å². The largest absolute Gasteiger partial charge is 0.457 e. The smallest absolute Gasteiger partial charge is 0.412 e. The van der Waals surface area contributed by atoms with Crippen LogP contribution in [0.3, 0.4) is 0 Å². The maximum absolute atomic E-state index is 13.9. The number of Topliss-reactive ketones (excluding diaryl/α,β-unsaturated/α-hetero) is 1. The predicted molar refractivity (Wildman–Crippen MR) is 149 cm³/mol. The van der Waals surface area contributed by atoms with Crippen LogP contribution in [0.2, 0.25) is 0 Å². The molecule has 40 heavy (non-hydrogen) atoms. The number of ketones is 1. The van der Waals surface area contributed by atoms with Crippen molar-refractivity contribution in [1.29, 1.82) is 0 Å². The number of aliphatic hydroxyl groups excluding tert-OH is 2. The molecule has 0 saturated carbocycles. The zero-order valence-electron chi connectivity index (χ0n) is 24.2. The van der Waals surface area contributed by atoms with Crippen LogP contribution in [0.4, 0.5) is 13.2 Å². The van der Waals surface area contributed by atoms with E-state index in [1.807, 2.05) is 24.4 Å². The summed E-state index contributed by atoms with van der Waals surface area (Å²) in [6.45, 7) is 8.38. The molecule has 11 heteroatoms. The van der Waals surface area contributed by atoms with Gasteiger partial charge in [-0.1, -0.05) is 45.9 Å². The third-order valence-corrected chi connectivity index (χ3v) is 8.04. The van der Waals surface area contributed by atoms with E-state index in [2.05, 4.69) is 4.98 Å². The van der Waals surface area contributed by atoms with Gasteiger partial charge in [-0.15, -0.1) is 11.3 Å². The van der Waals surface area contributed by atoms with E-state index in [1.54, 1.807) is 19.9 Å². The van der Waals surface area contributed by atoms with Crippen molar-refractivity contribution >= 4 is 29.2 Å². The fourth-order valence-corrected chi connectivity index (χ4v) is 5.32. The average Bonchev–Trinajstić information content (AvgIpc) is 3.27. The van der Waals surface area contributed by atoms with Crippen LogP contribution in [0, 0.1) is 17.3 Å². The number of cyclic esters (lactones) is 1. The molecule has 2 N–H and O–H groups in total. The van der Waals surface area contributed by atoms with Crippen molar-refractivity contribution in [2.75, 3.05) is 14.1 Å². The number of halogens is 3. The highest BCUT2D eigenvalue weighted by Crippen LogP contribution is 2.33. The van der Waals surface area contributed by atoms with Crippen molar-refractivity contribution in [3.63, 3.8) is 0 Å². The number of ether oxygens (including phenoxy) is 1. The highest BCUT2D eigenvalue weighted by molar-refractivity contribution is 7.09. The van der Waals surface area contributed by atoms with Gasteiger partial charge in [-0.05, 0) is 39.1 Å². The first-order valence-electron chi connectivity index (χ1n) is 13.2. The molecular formula is C29H41F3N2O5S. The Morgan fingerprint density at radius 3 is 2.50 bits per heavy atom. The fraction of sp³-hybridized carbons (Fsp3) is 0.621. The van der Waals surface area contributed by atoms with Crippen LogP contribution in [0.5, 0.6) is 0 Å². The Morgan fingerprint density at radius 2 is 1.90 bits per heavy atom. The average molecular weight is 587 g/mol. The SMILES string of the molecule is C/C(=C\c1csc(CN(C)C)n1)[C@@H]1C/C=C(/C(F)(F)F)C/C=C\[C@H](C)[C@H](O)[C@@H](C)C(=O)C(C)(C)[C@@H](O)CC(=O)O1. The lowest BCUT2D eigenvalue weighted by molar-refractivity contribution is -0.154. The highest BCUT2D eigenvalue weighted by atomic mass is 32.1. The summed E-state index contributed by atoms with van der Waals surface area (Å²) in [5, 5.41) is 24.2. The fourth-order valence-electron chi connectivity index (χ4n) is 4.46. The molecule has 2 heterocycles. The molecule has 0 aromatic carbocycles. The molecule has 2 rings (SSSR count). The molecule has 1 aromatic heterocycles. The Morgan fingerprint density at radius 1 is 1.25 bits per heavy atom. The number of alkyl halides is 3. The van der Waals surface area contributed by atoms with Crippen molar-refractivity contribution in [2.45, 2.75) is 84.9 Å². The molecule has 0 fully saturated rings. The number of thiazole rings is 1. The molecule has 1 aliphatic heterocycles. The number of carbonyl (C=O) groups is 2. The molecule has 0 radical (unpaired) electrons.